The summed E-state index contributed by atoms with van der Waals surface area (Å²) in [7, 11) is -3.43. The van der Waals surface area contributed by atoms with E-state index in [0.29, 0.717) is 43.2 Å². The first-order valence-corrected chi connectivity index (χ1v) is 13.3. The lowest BCUT2D eigenvalue weighted by molar-refractivity contribution is -0.138. The summed E-state index contributed by atoms with van der Waals surface area (Å²) >= 11 is 1.24. The molecule has 0 bridgehead atoms. The Balaban J connectivity index is 1.12. The smallest absolute Gasteiger partial charge is 0.252 e. The quantitative estimate of drug-likeness (QED) is 0.567. The molecule has 2 aliphatic rings. The Labute approximate surface area is 192 Å². The molecule has 3 aromatic heterocycles. The monoisotopic (exact) mass is 473 g/mol. The molecular weight excluding hydrogens is 446 g/mol. The zero-order valence-corrected chi connectivity index (χ0v) is 19.5. The van der Waals surface area contributed by atoms with Crippen molar-refractivity contribution in [2.75, 3.05) is 39.3 Å². The molecule has 0 aliphatic carbocycles. The summed E-state index contributed by atoms with van der Waals surface area (Å²) in [6, 6.07) is 9.37. The lowest BCUT2D eigenvalue weighted by Crippen LogP contribution is -2.51. The Morgan fingerprint density at radius 1 is 1.03 bits per heavy atom. The minimum absolute atomic E-state index is 0.0882. The molecule has 8 nitrogen and oxygen atoms in total. The van der Waals surface area contributed by atoms with E-state index in [2.05, 4.69) is 16.1 Å². The van der Waals surface area contributed by atoms with Gasteiger partial charge >= 0.3 is 0 Å². The number of nitrogens with zero attached hydrogens (tertiary/aromatic N) is 5. The molecule has 170 valence electrons. The fraction of sp³-hybridized carbons (Fsp3) is 0.455. The van der Waals surface area contributed by atoms with Crippen molar-refractivity contribution in [1.29, 1.82) is 0 Å². The van der Waals surface area contributed by atoms with E-state index in [1.165, 1.54) is 15.6 Å². The molecular formula is C22H27N5O3S2. The maximum Gasteiger partial charge on any atom is 0.252 e. The average Bonchev–Trinajstić information content (AvgIpc) is 3.49. The Bertz CT molecular complexity index is 1140. The van der Waals surface area contributed by atoms with Gasteiger partial charge in [0.05, 0.1) is 5.69 Å². The fourth-order valence-corrected chi connectivity index (χ4v) is 7.17. The second-order valence-electron chi connectivity index (χ2n) is 8.41. The second-order valence-corrected chi connectivity index (χ2v) is 11.5. The normalized spacial score (nSPS) is 19.6. The summed E-state index contributed by atoms with van der Waals surface area (Å²) in [6.45, 7) is 4.66. The first kappa shape index (κ1) is 21.6. The van der Waals surface area contributed by atoms with Gasteiger partial charge in [-0.3, -0.25) is 9.69 Å². The predicted octanol–water partition coefficient (Wildman–Crippen LogP) is 2.14. The van der Waals surface area contributed by atoms with Crippen LogP contribution in [0.15, 0.2) is 52.3 Å². The number of thiophene rings is 1. The highest BCUT2D eigenvalue weighted by Gasteiger charge is 2.35. The molecule has 0 radical (unpaired) electrons. The van der Waals surface area contributed by atoms with Crippen molar-refractivity contribution in [2.24, 2.45) is 5.92 Å². The van der Waals surface area contributed by atoms with Crippen LogP contribution in [0, 0.1) is 5.92 Å². The number of pyridine rings is 1. The molecule has 2 saturated heterocycles. The summed E-state index contributed by atoms with van der Waals surface area (Å²) in [4.78, 5) is 22.0. The molecule has 1 amide bonds. The molecule has 10 heteroatoms. The number of piperidine rings is 1. The molecule has 0 spiro atoms. The van der Waals surface area contributed by atoms with Gasteiger partial charge in [0.25, 0.3) is 10.0 Å². The number of hydrogen-bond donors (Lipinski definition) is 0. The van der Waals surface area contributed by atoms with Crippen LogP contribution >= 0.6 is 11.3 Å². The van der Waals surface area contributed by atoms with Crippen LogP contribution in [0.2, 0.25) is 0 Å². The summed E-state index contributed by atoms with van der Waals surface area (Å²) < 4.78 is 29.3. The first-order valence-electron chi connectivity index (χ1n) is 11.0. The fourth-order valence-electron chi connectivity index (χ4n) is 4.56. The number of hydrogen-bond acceptors (Lipinski definition) is 6. The van der Waals surface area contributed by atoms with Gasteiger partial charge in [0, 0.05) is 64.1 Å². The molecule has 5 heterocycles. The molecule has 0 aromatic carbocycles. The van der Waals surface area contributed by atoms with Crippen molar-refractivity contribution in [1.82, 2.24) is 23.5 Å². The van der Waals surface area contributed by atoms with Gasteiger partial charge in [-0.1, -0.05) is 12.1 Å². The van der Waals surface area contributed by atoms with Gasteiger partial charge in [-0.15, -0.1) is 11.3 Å². The van der Waals surface area contributed by atoms with Gasteiger partial charge in [0.15, 0.2) is 0 Å². The maximum absolute atomic E-state index is 13.0. The number of aromatic nitrogens is 2. The Kier molecular flexibility index (Phi) is 6.02. The molecule has 3 aromatic rings. The van der Waals surface area contributed by atoms with E-state index in [4.69, 9.17) is 0 Å². The highest BCUT2D eigenvalue weighted by Crippen LogP contribution is 2.27. The van der Waals surface area contributed by atoms with E-state index in [0.717, 1.165) is 31.0 Å². The number of amides is 1. The third kappa shape index (κ3) is 4.32. The van der Waals surface area contributed by atoms with Crippen LogP contribution in [0.25, 0.3) is 5.65 Å². The molecule has 0 atom stereocenters. The molecule has 0 saturated carbocycles. The van der Waals surface area contributed by atoms with Crippen LogP contribution in [0.3, 0.4) is 0 Å². The Morgan fingerprint density at radius 2 is 1.81 bits per heavy atom. The minimum atomic E-state index is -3.43. The third-order valence-corrected chi connectivity index (χ3v) is 9.65. The zero-order chi connectivity index (χ0) is 22.1. The predicted molar refractivity (Wildman–Crippen MR) is 123 cm³/mol. The number of rotatable bonds is 5. The van der Waals surface area contributed by atoms with Crippen LogP contribution in [-0.4, -0.2) is 77.1 Å². The average molecular weight is 474 g/mol. The molecule has 0 N–H and O–H groups in total. The van der Waals surface area contributed by atoms with Crippen LogP contribution in [0.1, 0.15) is 18.5 Å². The summed E-state index contributed by atoms with van der Waals surface area (Å²) in [6.07, 6.45) is 5.24. The second kappa shape index (κ2) is 8.93. The molecule has 5 rings (SSSR count). The Morgan fingerprint density at radius 3 is 2.50 bits per heavy atom. The van der Waals surface area contributed by atoms with Crippen LogP contribution in [0.4, 0.5) is 0 Å². The van der Waals surface area contributed by atoms with E-state index in [1.807, 2.05) is 33.7 Å². The number of carbonyl (C=O) groups excluding carboxylic acids is 1. The standard InChI is InChI=1S/C22H27N5O3S2/c28-22(18-6-9-27(10-7-18)32(29,30)21-5-3-15-31-21)25-13-11-24(12-14-25)16-19-17-26-8-2-1-4-20(26)23-19/h1-5,8,15,17-18H,6-7,9-14,16H2. The highest BCUT2D eigenvalue weighted by atomic mass is 32.2. The van der Waals surface area contributed by atoms with E-state index in [-0.39, 0.29) is 11.8 Å². The van der Waals surface area contributed by atoms with E-state index >= 15 is 0 Å². The van der Waals surface area contributed by atoms with Crippen LogP contribution < -0.4 is 0 Å². The number of carbonyl (C=O) groups is 1. The van der Waals surface area contributed by atoms with Gasteiger partial charge in [-0.05, 0) is 36.4 Å². The summed E-state index contributed by atoms with van der Waals surface area (Å²) in [5.41, 5.74) is 1.99. The molecule has 0 unspecified atom stereocenters. The molecule has 2 aliphatic heterocycles. The lowest BCUT2D eigenvalue weighted by Gasteiger charge is -2.38. The van der Waals surface area contributed by atoms with E-state index in [9.17, 15) is 13.2 Å². The van der Waals surface area contributed by atoms with Crippen molar-refractivity contribution < 1.29 is 13.2 Å². The zero-order valence-electron chi connectivity index (χ0n) is 17.8. The van der Waals surface area contributed by atoms with Crippen molar-refractivity contribution in [3.63, 3.8) is 0 Å². The third-order valence-electron chi connectivity index (χ3n) is 6.38. The van der Waals surface area contributed by atoms with E-state index < -0.39 is 10.0 Å². The number of imidazole rings is 1. The number of fused-ring (bicyclic) bond motifs is 1. The van der Waals surface area contributed by atoms with Crippen molar-refractivity contribution >= 4 is 32.9 Å². The minimum Gasteiger partial charge on any atom is -0.340 e. The van der Waals surface area contributed by atoms with Gasteiger partial charge in [0.2, 0.25) is 5.91 Å². The maximum atomic E-state index is 13.0. The van der Waals surface area contributed by atoms with Gasteiger partial charge < -0.3 is 9.30 Å². The molecule has 2 fully saturated rings. The highest BCUT2D eigenvalue weighted by molar-refractivity contribution is 7.91. The topological polar surface area (TPSA) is 78.2 Å². The van der Waals surface area contributed by atoms with Gasteiger partial charge in [-0.2, -0.15) is 4.31 Å². The number of piperazine rings is 1. The Hall–Kier alpha value is -2.27. The van der Waals surface area contributed by atoms with Crippen molar-refractivity contribution in [3.8, 4) is 0 Å². The van der Waals surface area contributed by atoms with Crippen molar-refractivity contribution in [2.45, 2.75) is 23.6 Å². The first-order chi connectivity index (χ1) is 15.5. The summed E-state index contributed by atoms with van der Waals surface area (Å²) in [5, 5.41) is 1.78. The van der Waals surface area contributed by atoms with Crippen LogP contribution in [-0.2, 0) is 21.4 Å². The van der Waals surface area contributed by atoms with Crippen molar-refractivity contribution in [3.05, 3.63) is 53.8 Å². The largest absolute Gasteiger partial charge is 0.340 e. The lowest BCUT2D eigenvalue weighted by atomic mass is 9.96. The SMILES string of the molecule is O=C(C1CCN(S(=O)(=O)c2cccs2)CC1)N1CCN(Cc2cn3ccccc3n2)CC1. The number of sulfonamides is 1. The summed E-state index contributed by atoms with van der Waals surface area (Å²) in [5.74, 6) is 0.0836. The van der Waals surface area contributed by atoms with Crippen LogP contribution in [0.5, 0.6) is 0 Å². The molecule has 32 heavy (non-hydrogen) atoms. The van der Waals surface area contributed by atoms with E-state index in [1.54, 1.807) is 17.5 Å². The van der Waals surface area contributed by atoms with Gasteiger partial charge in [-0.25, -0.2) is 13.4 Å². The van der Waals surface area contributed by atoms with Gasteiger partial charge in [0.1, 0.15) is 9.86 Å².